The zero-order valence-corrected chi connectivity index (χ0v) is 14.4. The highest BCUT2D eigenvalue weighted by molar-refractivity contribution is 14.1. The Hall–Kier alpha value is -1.37. The van der Waals surface area contributed by atoms with Crippen LogP contribution < -0.4 is 10.3 Å². The van der Waals surface area contributed by atoms with Crippen LogP contribution in [0.4, 0.5) is 0 Å². The molecule has 0 spiro atoms. The van der Waals surface area contributed by atoms with Gasteiger partial charge in [-0.25, -0.2) is 4.98 Å². The number of nitrogens with one attached hydrogen (secondary N) is 1. The topological polar surface area (TPSA) is 55.0 Å². The minimum atomic E-state index is -0.0797. The molecule has 0 radical (unpaired) electrons. The summed E-state index contributed by atoms with van der Waals surface area (Å²) in [5, 5.41) is 0. The number of halogens is 1. The van der Waals surface area contributed by atoms with Crippen LogP contribution in [0.15, 0.2) is 29.1 Å². The summed E-state index contributed by atoms with van der Waals surface area (Å²) in [5.41, 5.74) is 1.65. The Kier molecular flexibility index (Phi) is 5.78. The van der Waals surface area contributed by atoms with E-state index >= 15 is 0 Å². The van der Waals surface area contributed by atoms with Crippen molar-refractivity contribution in [3.63, 3.8) is 0 Å². The Morgan fingerprint density at radius 2 is 2.10 bits per heavy atom. The van der Waals surface area contributed by atoms with E-state index in [1.54, 1.807) is 0 Å². The summed E-state index contributed by atoms with van der Waals surface area (Å²) < 4.78 is 6.31. The van der Waals surface area contributed by atoms with Gasteiger partial charge in [0.05, 0.1) is 15.9 Å². The standard InChI is InChI=1S/C16H19IN2O2/c1-3-6-13-14(17)16(20)19-15(18-13)11-7-5-8-12(10-11)21-9-4-2/h5,7-8,10H,3-4,6,9H2,1-2H3,(H,18,19,20). The van der Waals surface area contributed by atoms with Gasteiger partial charge in [0.2, 0.25) is 0 Å². The second kappa shape index (κ2) is 7.59. The van der Waals surface area contributed by atoms with Crippen LogP contribution in [0.3, 0.4) is 0 Å². The van der Waals surface area contributed by atoms with Gasteiger partial charge in [0.25, 0.3) is 5.56 Å². The van der Waals surface area contributed by atoms with E-state index in [1.807, 2.05) is 24.3 Å². The molecule has 2 rings (SSSR count). The summed E-state index contributed by atoms with van der Waals surface area (Å²) in [6.07, 6.45) is 2.73. The number of hydrogen-bond acceptors (Lipinski definition) is 3. The Morgan fingerprint density at radius 1 is 1.29 bits per heavy atom. The maximum absolute atomic E-state index is 12.0. The number of aromatic amines is 1. The van der Waals surface area contributed by atoms with Crippen molar-refractivity contribution >= 4 is 22.6 Å². The zero-order chi connectivity index (χ0) is 15.2. The van der Waals surface area contributed by atoms with E-state index in [9.17, 15) is 4.79 Å². The highest BCUT2D eigenvalue weighted by Gasteiger charge is 2.10. The molecule has 4 nitrogen and oxygen atoms in total. The van der Waals surface area contributed by atoms with Crippen LogP contribution in [0.25, 0.3) is 11.4 Å². The summed E-state index contributed by atoms with van der Waals surface area (Å²) in [7, 11) is 0. The van der Waals surface area contributed by atoms with Gasteiger partial charge in [-0.2, -0.15) is 0 Å². The van der Waals surface area contributed by atoms with Crippen molar-refractivity contribution in [3.05, 3.63) is 43.9 Å². The molecule has 0 bridgehead atoms. The van der Waals surface area contributed by atoms with Gasteiger partial charge in [0.15, 0.2) is 0 Å². The summed E-state index contributed by atoms with van der Waals surface area (Å²) >= 11 is 2.06. The molecule has 112 valence electrons. The van der Waals surface area contributed by atoms with E-state index in [0.717, 1.165) is 36.3 Å². The van der Waals surface area contributed by atoms with E-state index in [1.165, 1.54) is 0 Å². The third kappa shape index (κ3) is 4.06. The van der Waals surface area contributed by atoms with Gasteiger partial charge in [0.1, 0.15) is 11.6 Å². The first-order chi connectivity index (χ1) is 10.2. The molecule has 1 heterocycles. The molecule has 0 fully saturated rings. The highest BCUT2D eigenvalue weighted by Crippen LogP contribution is 2.21. The van der Waals surface area contributed by atoms with E-state index in [-0.39, 0.29) is 5.56 Å². The average molecular weight is 398 g/mol. The first-order valence-electron chi connectivity index (χ1n) is 7.17. The lowest BCUT2D eigenvalue weighted by atomic mass is 10.2. The summed E-state index contributed by atoms with van der Waals surface area (Å²) in [6.45, 7) is 4.83. The molecule has 0 saturated heterocycles. The molecule has 5 heteroatoms. The predicted octanol–water partition coefficient (Wildman–Crippen LogP) is 3.78. The van der Waals surface area contributed by atoms with Crippen LogP contribution in [0.5, 0.6) is 5.75 Å². The normalized spacial score (nSPS) is 10.6. The molecule has 1 aromatic heterocycles. The molecule has 0 saturated carbocycles. The average Bonchev–Trinajstić information content (AvgIpc) is 2.50. The number of rotatable bonds is 6. The zero-order valence-electron chi connectivity index (χ0n) is 12.3. The third-order valence-electron chi connectivity index (χ3n) is 3.00. The highest BCUT2D eigenvalue weighted by atomic mass is 127. The van der Waals surface area contributed by atoms with Gasteiger partial charge < -0.3 is 9.72 Å². The third-order valence-corrected chi connectivity index (χ3v) is 4.11. The molecule has 0 amide bonds. The van der Waals surface area contributed by atoms with Crippen molar-refractivity contribution in [2.75, 3.05) is 6.61 Å². The maximum Gasteiger partial charge on any atom is 0.264 e. The number of benzene rings is 1. The minimum Gasteiger partial charge on any atom is -0.494 e. The summed E-state index contributed by atoms with van der Waals surface area (Å²) in [6, 6.07) is 7.67. The van der Waals surface area contributed by atoms with Crippen LogP contribution in [-0.2, 0) is 6.42 Å². The molecule has 1 N–H and O–H groups in total. The van der Waals surface area contributed by atoms with E-state index < -0.39 is 0 Å². The number of aromatic nitrogens is 2. The van der Waals surface area contributed by atoms with Gasteiger partial charge in [-0.05, 0) is 47.6 Å². The van der Waals surface area contributed by atoms with Crippen LogP contribution in [0, 0.1) is 3.57 Å². The second-order valence-corrected chi connectivity index (χ2v) is 5.88. The van der Waals surface area contributed by atoms with Gasteiger partial charge in [-0.15, -0.1) is 0 Å². The molecule has 0 aliphatic heterocycles. The van der Waals surface area contributed by atoms with Crippen LogP contribution in [-0.4, -0.2) is 16.6 Å². The molecule has 0 atom stereocenters. The molecular formula is C16H19IN2O2. The van der Waals surface area contributed by atoms with Crippen molar-refractivity contribution in [1.82, 2.24) is 9.97 Å². The van der Waals surface area contributed by atoms with Crippen LogP contribution in [0.1, 0.15) is 32.4 Å². The van der Waals surface area contributed by atoms with Crippen molar-refractivity contribution in [2.45, 2.75) is 33.1 Å². The lowest BCUT2D eigenvalue weighted by Gasteiger charge is -2.08. The number of nitrogens with zero attached hydrogens (tertiary/aromatic N) is 1. The fraction of sp³-hybridized carbons (Fsp3) is 0.375. The molecular weight excluding hydrogens is 379 g/mol. The second-order valence-electron chi connectivity index (χ2n) is 4.80. The van der Waals surface area contributed by atoms with Crippen LogP contribution in [0.2, 0.25) is 0 Å². The lowest BCUT2D eigenvalue weighted by Crippen LogP contribution is -2.16. The molecule has 1 aromatic carbocycles. The van der Waals surface area contributed by atoms with Crippen LogP contribution >= 0.6 is 22.6 Å². The van der Waals surface area contributed by atoms with Gasteiger partial charge in [-0.1, -0.05) is 32.4 Å². The Bertz CT molecular complexity index is 668. The minimum absolute atomic E-state index is 0.0797. The van der Waals surface area contributed by atoms with Crippen molar-refractivity contribution in [2.24, 2.45) is 0 Å². The fourth-order valence-electron chi connectivity index (χ4n) is 2.00. The SMILES string of the molecule is CCCOc1cccc(-c2nc(CCC)c(I)c(=O)[nH]2)c1. The van der Waals surface area contributed by atoms with E-state index in [0.29, 0.717) is 16.0 Å². The monoisotopic (exact) mass is 398 g/mol. The fourth-order valence-corrected chi connectivity index (χ4v) is 2.52. The molecule has 0 aliphatic carbocycles. The first kappa shape index (κ1) is 16.0. The van der Waals surface area contributed by atoms with E-state index in [4.69, 9.17) is 4.74 Å². The Morgan fingerprint density at radius 3 is 2.81 bits per heavy atom. The van der Waals surface area contributed by atoms with Gasteiger partial charge in [-0.3, -0.25) is 4.79 Å². The number of H-pyrrole nitrogens is 1. The smallest absolute Gasteiger partial charge is 0.264 e. The molecule has 0 unspecified atom stereocenters. The van der Waals surface area contributed by atoms with Gasteiger partial charge >= 0.3 is 0 Å². The quantitative estimate of drug-likeness (QED) is 0.754. The van der Waals surface area contributed by atoms with Crippen molar-refractivity contribution in [3.8, 4) is 17.1 Å². The molecule has 21 heavy (non-hydrogen) atoms. The number of ether oxygens (including phenoxy) is 1. The lowest BCUT2D eigenvalue weighted by molar-refractivity contribution is 0.317. The molecule has 0 aliphatic rings. The summed E-state index contributed by atoms with van der Waals surface area (Å²) in [4.78, 5) is 19.5. The Balaban J connectivity index is 2.39. The van der Waals surface area contributed by atoms with Crippen molar-refractivity contribution < 1.29 is 4.74 Å². The first-order valence-corrected chi connectivity index (χ1v) is 8.25. The van der Waals surface area contributed by atoms with Gasteiger partial charge in [0, 0.05) is 5.56 Å². The number of hydrogen-bond donors (Lipinski definition) is 1. The largest absolute Gasteiger partial charge is 0.494 e. The maximum atomic E-state index is 12.0. The van der Waals surface area contributed by atoms with E-state index in [2.05, 4.69) is 46.4 Å². The Labute approximate surface area is 138 Å². The number of aryl methyl sites for hydroxylation is 1. The molecule has 2 aromatic rings. The predicted molar refractivity (Wildman–Crippen MR) is 92.8 cm³/mol. The summed E-state index contributed by atoms with van der Waals surface area (Å²) in [5.74, 6) is 1.40. The van der Waals surface area contributed by atoms with Crippen molar-refractivity contribution in [1.29, 1.82) is 0 Å².